The Kier molecular flexibility index (Phi) is 6.91. The summed E-state index contributed by atoms with van der Waals surface area (Å²) in [6, 6.07) is 14.2. The molecule has 0 bridgehead atoms. The van der Waals surface area contributed by atoms with E-state index in [0.29, 0.717) is 6.04 Å². The van der Waals surface area contributed by atoms with Gasteiger partial charge in [0.25, 0.3) is 0 Å². The maximum atomic E-state index is 5.51. The summed E-state index contributed by atoms with van der Waals surface area (Å²) in [5.74, 6) is 0. The van der Waals surface area contributed by atoms with Crippen molar-refractivity contribution >= 4 is 16.6 Å². The fraction of sp³-hybridized carbons (Fsp3) is 0.536. The molecule has 2 fully saturated rings. The molecule has 1 aromatic carbocycles. The molecular formula is C28H39N5O. The van der Waals surface area contributed by atoms with E-state index in [0.717, 1.165) is 76.8 Å². The fourth-order valence-corrected chi connectivity index (χ4v) is 5.41. The molecule has 0 N–H and O–H groups in total. The van der Waals surface area contributed by atoms with Crippen molar-refractivity contribution in [3.8, 4) is 11.3 Å². The molecule has 3 aromatic rings. The van der Waals surface area contributed by atoms with E-state index < -0.39 is 0 Å². The smallest absolute Gasteiger partial charge is 0.0799 e. The van der Waals surface area contributed by atoms with E-state index in [-0.39, 0.29) is 0 Å². The number of hydrogen-bond acceptors (Lipinski definition) is 5. The Morgan fingerprint density at radius 1 is 0.971 bits per heavy atom. The molecule has 0 saturated carbocycles. The first-order chi connectivity index (χ1) is 16.5. The van der Waals surface area contributed by atoms with Gasteiger partial charge in [0.1, 0.15) is 0 Å². The van der Waals surface area contributed by atoms with Crippen LogP contribution in [0.4, 0.5) is 5.69 Å². The number of morpholine rings is 1. The monoisotopic (exact) mass is 461 g/mol. The molecule has 0 spiro atoms. The zero-order chi connectivity index (χ0) is 23.7. The zero-order valence-electron chi connectivity index (χ0n) is 21.3. The normalized spacial score (nSPS) is 18.3. The quantitative estimate of drug-likeness (QED) is 0.556. The van der Waals surface area contributed by atoms with E-state index in [1.807, 2.05) is 0 Å². The van der Waals surface area contributed by atoms with Crippen LogP contribution in [-0.4, -0.2) is 84.4 Å². The van der Waals surface area contributed by atoms with Crippen molar-refractivity contribution < 1.29 is 4.74 Å². The highest BCUT2D eigenvalue weighted by atomic mass is 16.5. The maximum Gasteiger partial charge on any atom is 0.0799 e. The third-order valence-electron chi connectivity index (χ3n) is 7.59. The van der Waals surface area contributed by atoms with Crippen LogP contribution in [0.15, 0.2) is 36.4 Å². The Labute approximate surface area is 204 Å². The summed E-state index contributed by atoms with van der Waals surface area (Å²) in [5, 5.41) is 1.26. The third-order valence-corrected chi connectivity index (χ3v) is 7.59. The molecule has 34 heavy (non-hydrogen) atoms. The van der Waals surface area contributed by atoms with Gasteiger partial charge in [-0.3, -0.25) is 14.8 Å². The molecule has 5 rings (SSSR count). The average Bonchev–Trinajstić information content (AvgIpc) is 3.18. The van der Waals surface area contributed by atoms with Crippen LogP contribution >= 0.6 is 0 Å². The van der Waals surface area contributed by atoms with E-state index in [1.165, 1.54) is 27.8 Å². The number of aromatic nitrogens is 2. The molecule has 0 amide bonds. The minimum Gasteiger partial charge on any atom is -0.379 e. The van der Waals surface area contributed by atoms with Crippen molar-refractivity contribution in [2.45, 2.75) is 33.2 Å². The van der Waals surface area contributed by atoms with Gasteiger partial charge in [-0.15, -0.1) is 0 Å². The summed E-state index contributed by atoms with van der Waals surface area (Å²) in [5.41, 5.74) is 7.33. The molecule has 0 atom stereocenters. The lowest BCUT2D eigenvalue weighted by atomic mass is 10.1. The van der Waals surface area contributed by atoms with E-state index >= 15 is 0 Å². The van der Waals surface area contributed by atoms with Crippen LogP contribution in [0.5, 0.6) is 0 Å². The summed E-state index contributed by atoms with van der Waals surface area (Å²) >= 11 is 0. The summed E-state index contributed by atoms with van der Waals surface area (Å²) in [6.45, 7) is 16.0. The number of piperazine rings is 1. The van der Waals surface area contributed by atoms with Crippen LogP contribution in [-0.2, 0) is 18.2 Å². The van der Waals surface area contributed by atoms with Crippen molar-refractivity contribution in [2.24, 2.45) is 7.05 Å². The zero-order valence-corrected chi connectivity index (χ0v) is 21.3. The minimum atomic E-state index is 0.619. The Hall–Kier alpha value is -2.41. The first-order valence-electron chi connectivity index (χ1n) is 12.8. The second kappa shape index (κ2) is 10.1. The fourth-order valence-electron chi connectivity index (χ4n) is 5.41. The molecule has 6 heteroatoms. The second-order valence-corrected chi connectivity index (χ2v) is 10.1. The first kappa shape index (κ1) is 23.3. The Bertz CT molecular complexity index is 1120. The van der Waals surface area contributed by atoms with E-state index in [4.69, 9.17) is 9.72 Å². The highest BCUT2D eigenvalue weighted by molar-refractivity contribution is 5.94. The van der Waals surface area contributed by atoms with Gasteiger partial charge in [-0.1, -0.05) is 12.1 Å². The summed E-state index contributed by atoms with van der Waals surface area (Å²) in [7, 11) is 2.20. The van der Waals surface area contributed by atoms with Crippen LogP contribution in [0.1, 0.15) is 25.2 Å². The number of fused-ring (bicyclic) bond motifs is 1. The van der Waals surface area contributed by atoms with Gasteiger partial charge in [0.15, 0.2) is 0 Å². The molecule has 2 aliphatic heterocycles. The summed E-state index contributed by atoms with van der Waals surface area (Å²) in [6.07, 6.45) is 1.05. The van der Waals surface area contributed by atoms with Crippen molar-refractivity contribution in [3.63, 3.8) is 0 Å². The molecule has 2 aromatic heterocycles. The Morgan fingerprint density at radius 3 is 2.47 bits per heavy atom. The van der Waals surface area contributed by atoms with E-state index in [9.17, 15) is 0 Å². The predicted molar refractivity (Wildman–Crippen MR) is 141 cm³/mol. The highest BCUT2D eigenvalue weighted by Crippen LogP contribution is 2.32. The molecule has 0 radical (unpaired) electrons. The Morgan fingerprint density at radius 2 is 1.74 bits per heavy atom. The SMILES string of the molecule is Cc1cc2c(cc(CCN3CCOCC3)n2C)c(-c2cccc(N3CCN(C(C)C)CC3)c2)n1. The lowest BCUT2D eigenvalue weighted by Crippen LogP contribution is -2.48. The molecule has 182 valence electrons. The molecule has 0 aliphatic carbocycles. The summed E-state index contributed by atoms with van der Waals surface area (Å²) in [4.78, 5) is 12.6. The number of benzene rings is 1. The number of nitrogens with zero attached hydrogens (tertiary/aromatic N) is 5. The number of anilines is 1. The largest absolute Gasteiger partial charge is 0.379 e. The third kappa shape index (κ3) is 4.85. The van der Waals surface area contributed by atoms with Crippen molar-refractivity contribution in [1.82, 2.24) is 19.4 Å². The molecule has 4 heterocycles. The number of aryl methyl sites for hydroxylation is 2. The van der Waals surface area contributed by atoms with Gasteiger partial charge in [-0.25, -0.2) is 0 Å². The molecule has 2 saturated heterocycles. The van der Waals surface area contributed by atoms with Gasteiger partial charge >= 0.3 is 0 Å². The van der Waals surface area contributed by atoms with Gasteiger partial charge in [-0.2, -0.15) is 0 Å². The molecule has 0 unspecified atom stereocenters. The van der Waals surface area contributed by atoms with Crippen molar-refractivity contribution in [2.75, 3.05) is 63.9 Å². The van der Waals surface area contributed by atoms with Gasteiger partial charge in [-0.05, 0) is 45.0 Å². The average molecular weight is 462 g/mol. The number of rotatable bonds is 6. The minimum absolute atomic E-state index is 0.619. The topological polar surface area (TPSA) is 36.8 Å². The number of ether oxygens (including phenoxy) is 1. The van der Waals surface area contributed by atoms with E-state index in [2.05, 4.69) is 83.5 Å². The second-order valence-electron chi connectivity index (χ2n) is 10.1. The van der Waals surface area contributed by atoms with Crippen molar-refractivity contribution in [1.29, 1.82) is 0 Å². The van der Waals surface area contributed by atoms with Gasteiger partial charge in [0, 0.05) is 93.3 Å². The van der Waals surface area contributed by atoms with Gasteiger partial charge in [0.05, 0.1) is 24.4 Å². The molecular weight excluding hydrogens is 422 g/mol. The lowest BCUT2D eigenvalue weighted by Gasteiger charge is -2.38. The van der Waals surface area contributed by atoms with Crippen molar-refractivity contribution in [3.05, 3.63) is 47.8 Å². The predicted octanol–water partition coefficient (Wildman–Crippen LogP) is 3.95. The first-order valence-corrected chi connectivity index (χ1v) is 12.8. The van der Waals surface area contributed by atoms with Crippen LogP contribution in [0.25, 0.3) is 22.2 Å². The van der Waals surface area contributed by atoms with Crippen LogP contribution in [0.2, 0.25) is 0 Å². The number of hydrogen-bond donors (Lipinski definition) is 0. The molecule has 6 nitrogen and oxygen atoms in total. The lowest BCUT2D eigenvalue weighted by molar-refractivity contribution is 0.0383. The van der Waals surface area contributed by atoms with Gasteiger partial charge in [0.2, 0.25) is 0 Å². The van der Waals surface area contributed by atoms with Gasteiger partial charge < -0.3 is 14.2 Å². The number of pyridine rings is 1. The standard InChI is InChI=1S/C28H39N5O/c1-21(2)32-10-12-33(13-11-32)25-7-5-6-23(19-25)28-26-20-24(8-9-31-14-16-34-17-15-31)30(4)27(26)18-22(3)29-28/h5-7,18-21H,8-17H2,1-4H3. The maximum absolute atomic E-state index is 5.51. The van der Waals surface area contributed by atoms with Crippen LogP contribution < -0.4 is 4.90 Å². The molecule has 2 aliphatic rings. The summed E-state index contributed by atoms with van der Waals surface area (Å²) < 4.78 is 7.87. The van der Waals surface area contributed by atoms with E-state index in [1.54, 1.807) is 0 Å². The Balaban J connectivity index is 1.41. The van der Waals surface area contributed by atoms with Crippen LogP contribution in [0, 0.1) is 6.92 Å². The van der Waals surface area contributed by atoms with Crippen LogP contribution in [0.3, 0.4) is 0 Å². The highest BCUT2D eigenvalue weighted by Gasteiger charge is 2.20.